The van der Waals surface area contributed by atoms with Gasteiger partial charge in [-0.05, 0) is 53.9 Å². The number of nitrogens with one attached hydrogen (secondary N) is 2. The predicted octanol–water partition coefficient (Wildman–Crippen LogP) is 3.40. The van der Waals surface area contributed by atoms with Crippen LogP contribution in [0.25, 0.3) is 0 Å². The Morgan fingerprint density at radius 2 is 2.08 bits per heavy atom. The number of carbonyl (C=O) groups is 2. The first kappa shape index (κ1) is 17.8. The number of carbonyl (C=O) groups excluding carboxylic acids is 1. The summed E-state index contributed by atoms with van der Waals surface area (Å²) in [4.78, 5) is 22.9. The molecule has 1 aliphatic carbocycles. The largest absolute Gasteiger partial charge is 0.481 e. The van der Waals surface area contributed by atoms with Crippen molar-refractivity contribution in [2.75, 3.05) is 11.9 Å². The number of benzene rings is 1. The summed E-state index contributed by atoms with van der Waals surface area (Å²) in [5.74, 6) is 0.208. The molecule has 0 saturated heterocycles. The van der Waals surface area contributed by atoms with Crippen LogP contribution in [0.2, 0.25) is 0 Å². The Morgan fingerprint density at radius 3 is 2.80 bits per heavy atom. The van der Waals surface area contributed by atoms with Gasteiger partial charge >= 0.3 is 5.97 Å². The van der Waals surface area contributed by atoms with Gasteiger partial charge in [-0.15, -0.1) is 0 Å². The summed E-state index contributed by atoms with van der Waals surface area (Å²) in [6, 6.07) is 6.30. The molecule has 0 bridgehead atoms. The number of amides is 1. The molecule has 3 atom stereocenters. The molecular weight excluding hydrogens is 316 g/mol. The van der Waals surface area contributed by atoms with Gasteiger partial charge in [0.15, 0.2) is 0 Å². The van der Waals surface area contributed by atoms with Crippen molar-refractivity contribution in [2.45, 2.75) is 57.9 Å². The number of fused-ring (bicyclic) bond motifs is 2. The first-order valence-electron chi connectivity index (χ1n) is 9.20. The molecule has 1 aromatic carbocycles. The van der Waals surface area contributed by atoms with E-state index in [2.05, 4.69) is 31.4 Å². The quantitative estimate of drug-likeness (QED) is 0.782. The molecule has 0 unspecified atom stereocenters. The molecule has 2 aliphatic rings. The molecule has 5 nitrogen and oxygen atoms in total. The van der Waals surface area contributed by atoms with Crippen LogP contribution in [0.15, 0.2) is 18.2 Å². The average Bonchev–Trinajstić information content (AvgIpc) is 2.53. The SMILES string of the molecule is C[C@H]1CC[C@H]2[C@H](C1)Nc1ccc(C(=O)NCCC(=O)O)cc1C2(C)C. The van der Waals surface area contributed by atoms with Crippen molar-refractivity contribution in [1.82, 2.24) is 5.32 Å². The van der Waals surface area contributed by atoms with Crippen molar-refractivity contribution < 1.29 is 14.7 Å². The molecule has 0 aromatic heterocycles. The minimum absolute atomic E-state index is 0.0166. The predicted molar refractivity (Wildman–Crippen MR) is 98.0 cm³/mol. The van der Waals surface area contributed by atoms with Crippen LogP contribution in [-0.4, -0.2) is 29.6 Å². The zero-order valence-corrected chi connectivity index (χ0v) is 15.3. The van der Waals surface area contributed by atoms with E-state index in [0.29, 0.717) is 17.5 Å². The van der Waals surface area contributed by atoms with E-state index in [1.54, 1.807) is 0 Å². The van der Waals surface area contributed by atoms with Crippen molar-refractivity contribution in [2.24, 2.45) is 11.8 Å². The summed E-state index contributed by atoms with van der Waals surface area (Å²) in [6.45, 7) is 7.04. The molecule has 1 saturated carbocycles. The summed E-state index contributed by atoms with van der Waals surface area (Å²) in [5.41, 5.74) is 2.93. The molecule has 1 aliphatic heterocycles. The Balaban J connectivity index is 1.82. The molecular formula is C20H28N2O3. The van der Waals surface area contributed by atoms with E-state index in [4.69, 9.17) is 5.11 Å². The van der Waals surface area contributed by atoms with Crippen LogP contribution < -0.4 is 10.6 Å². The molecule has 136 valence electrons. The number of hydrogen-bond acceptors (Lipinski definition) is 3. The van der Waals surface area contributed by atoms with Crippen molar-refractivity contribution in [3.05, 3.63) is 29.3 Å². The number of carboxylic acid groups (broad SMARTS) is 1. The fourth-order valence-electron chi connectivity index (χ4n) is 4.53. The minimum atomic E-state index is -0.909. The van der Waals surface area contributed by atoms with Crippen molar-refractivity contribution >= 4 is 17.6 Å². The second-order valence-electron chi connectivity index (χ2n) is 8.16. The maximum atomic E-state index is 12.3. The van der Waals surface area contributed by atoms with Crippen molar-refractivity contribution in [3.8, 4) is 0 Å². The summed E-state index contributed by atoms with van der Waals surface area (Å²) in [5, 5.41) is 15.1. The van der Waals surface area contributed by atoms with E-state index in [1.807, 2.05) is 18.2 Å². The first-order chi connectivity index (χ1) is 11.8. The molecule has 25 heavy (non-hydrogen) atoms. The van der Waals surface area contributed by atoms with Gasteiger partial charge in [0, 0.05) is 23.8 Å². The summed E-state index contributed by atoms with van der Waals surface area (Å²) < 4.78 is 0. The van der Waals surface area contributed by atoms with Gasteiger partial charge in [0.2, 0.25) is 0 Å². The Hall–Kier alpha value is -2.04. The van der Waals surface area contributed by atoms with Gasteiger partial charge in [-0.1, -0.05) is 27.2 Å². The van der Waals surface area contributed by atoms with Crippen LogP contribution in [0.5, 0.6) is 0 Å². The fourth-order valence-corrected chi connectivity index (χ4v) is 4.53. The van der Waals surface area contributed by atoms with Crippen LogP contribution >= 0.6 is 0 Å². The van der Waals surface area contributed by atoms with Gasteiger partial charge < -0.3 is 15.7 Å². The van der Waals surface area contributed by atoms with Crippen molar-refractivity contribution in [1.29, 1.82) is 0 Å². The monoisotopic (exact) mass is 344 g/mol. The van der Waals surface area contributed by atoms with Gasteiger partial charge in [0.25, 0.3) is 5.91 Å². The zero-order valence-electron chi connectivity index (χ0n) is 15.3. The Labute approximate surface area is 149 Å². The van der Waals surface area contributed by atoms with Gasteiger partial charge in [-0.2, -0.15) is 0 Å². The van der Waals surface area contributed by atoms with E-state index >= 15 is 0 Å². The van der Waals surface area contributed by atoms with Crippen LogP contribution in [0, 0.1) is 11.8 Å². The Morgan fingerprint density at radius 1 is 1.32 bits per heavy atom. The molecule has 3 rings (SSSR count). The molecule has 3 N–H and O–H groups in total. The third-order valence-corrected chi connectivity index (χ3v) is 5.98. The maximum absolute atomic E-state index is 12.3. The Kier molecular flexibility index (Phi) is 4.76. The number of hydrogen-bond donors (Lipinski definition) is 3. The summed E-state index contributed by atoms with van der Waals surface area (Å²) in [7, 11) is 0. The molecule has 0 radical (unpaired) electrons. The highest BCUT2D eigenvalue weighted by molar-refractivity contribution is 5.95. The smallest absolute Gasteiger partial charge is 0.305 e. The second kappa shape index (κ2) is 6.70. The standard InChI is InChI=1S/C20H28N2O3/c1-12-4-6-14-17(10-12)22-16-7-5-13(11-15(16)20(14,2)3)19(25)21-9-8-18(23)24/h5,7,11-12,14,17,22H,4,6,8-10H2,1-3H3,(H,21,25)(H,23,24)/t12-,14-,17-/m0/s1. The lowest BCUT2D eigenvalue weighted by Gasteiger charge is -2.50. The molecule has 1 aromatic rings. The average molecular weight is 344 g/mol. The molecule has 1 heterocycles. The zero-order chi connectivity index (χ0) is 18.2. The van der Waals surface area contributed by atoms with Crippen LogP contribution in [-0.2, 0) is 10.2 Å². The van der Waals surface area contributed by atoms with E-state index in [1.165, 1.54) is 24.8 Å². The summed E-state index contributed by atoms with van der Waals surface area (Å²) in [6.07, 6.45) is 3.61. The van der Waals surface area contributed by atoms with Crippen LogP contribution in [0.1, 0.15) is 62.4 Å². The van der Waals surface area contributed by atoms with Gasteiger partial charge in [0.1, 0.15) is 0 Å². The van der Waals surface area contributed by atoms with E-state index < -0.39 is 5.97 Å². The normalized spacial score (nSPS) is 26.8. The molecule has 0 spiro atoms. The topological polar surface area (TPSA) is 78.4 Å². The highest BCUT2D eigenvalue weighted by Gasteiger charge is 2.44. The highest BCUT2D eigenvalue weighted by Crippen LogP contribution is 2.49. The summed E-state index contributed by atoms with van der Waals surface area (Å²) >= 11 is 0. The lowest BCUT2D eigenvalue weighted by atomic mass is 9.61. The number of carboxylic acids is 1. The van der Waals surface area contributed by atoms with E-state index in [9.17, 15) is 9.59 Å². The number of aliphatic carboxylic acids is 1. The third-order valence-electron chi connectivity index (χ3n) is 5.98. The van der Waals surface area contributed by atoms with E-state index in [0.717, 1.165) is 11.6 Å². The van der Waals surface area contributed by atoms with Crippen LogP contribution in [0.4, 0.5) is 5.69 Å². The molecule has 5 heteroatoms. The third kappa shape index (κ3) is 3.51. The molecule has 1 fully saturated rings. The van der Waals surface area contributed by atoms with Gasteiger partial charge in [-0.3, -0.25) is 9.59 Å². The lowest BCUT2D eigenvalue weighted by molar-refractivity contribution is -0.136. The minimum Gasteiger partial charge on any atom is -0.481 e. The van der Waals surface area contributed by atoms with E-state index in [-0.39, 0.29) is 24.3 Å². The number of anilines is 1. The van der Waals surface area contributed by atoms with Gasteiger partial charge in [0.05, 0.1) is 6.42 Å². The van der Waals surface area contributed by atoms with Gasteiger partial charge in [-0.25, -0.2) is 0 Å². The van der Waals surface area contributed by atoms with Crippen LogP contribution in [0.3, 0.4) is 0 Å². The highest BCUT2D eigenvalue weighted by atomic mass is 16.4. The second-order valence-corrected chi connectivity index (χ2v) is 8.16. The van der Waals surface area contributed by atoms with Crippen molar-refractivity contribution in [3.63, 3.8) is 0 Å². The first-order valence-corrected chi connectivity index (χ1v) is 9.20. The molecule has 1 amide bonds. The Bertz CT molecular complexity index is 684. The fraction of sp³-hybridized carbons (Fsp3) is 0.600. The number of rotatable bonds is 4. The maximum Gasteiger partial charge on any atom is 0.305 e. The lowest BCUT2D eigenvalue weighted by Crippen LogP contribution is -2.49.